The number of guanidine groups is 1. The number of hydrogen-bond acceptors (Lipinski definition) is 2. The van der Waals surface area contributed by atoms with Crippen molar-refractivity contribution >= 4 is 5.96 Å². The van der Waals surface area contributed by atoms with Crippen LogP contribution in [0.3, 0.4) is 0 Å². The van der Waals surface area contributed by atoms with E-state index in [1.165, 1.54) is 0 Å². The van der Waals surface area contributed by atoms with Gasteiger partial charge in [0.1, 0.15) is 0 Å². The van der Waals surface area contributed by atoms with Gasteiger partial charge in [-0.25, -0.2) is 0 Å². The van der Waals surface area contributed by atoms with Crippen LogP contribution < -0.4 is 10.6 Å². The van der Waals surface area contributed by atoms with E-state index >= 15 is 0 Å². The summed E-state index contributed by atoms with van der Waals surface area (Å²) in [7, 11) is 0. The number of rotatable bonds is 7. The zero-order valence-electron chi connectivity index (χ0n) is 11.1. The highest BCUT2D eigenvalue weighted by Crippen LogP contribution is 2.14. The molecule has 0 radical (unpaired) electrons. The van der Waals surface area contributed by atoms with Crippen LogP contribution >= 0.6 is 0 Å². The Kier molecular flexibility index (Phi) is 7.99. The second-order valence-corrected chi connectivity index (χ2v) is 4.05. The maximum Gasteiger partial charge on any atom is 0.191 e. The first-order chi connectivity index (χ1) is 7.61. The van der Waals surface area contributed by atoms with E-state index in [2.05, 4.69) is 22.5 Å². The van der Waals surface area contributed by atoms with Gasteiger partial charge in [0.15, 0.2) is 5.96 Å². The number of aliphatic imine (C=N–C) groups is 1. The highest BCUT2D eigenvalue weighted by molar-refractivity contribution is 5.79. The molecule has 0 aromatic heterocycles. The Hall–Kier alpha value is -0.770. The van der Waals surface area contributed by atoms with Gasteiger partial charge in [0.05, 0.1) is 12.1 Å². The summed E-state index contributed by atoms with van der Waals surface area (Å²) < 4.78 is 0. The van der Waals surface area contributed by atoms with Gasteiger partial charge in [-0.2, -0.15) is 0 Å². The van der Waals surface area contributed by atoms with Crippen molar-refractivity contribution < 1.29 is 5.11 Å². The van der Waals surface area contributed by atoms with Gasteiger partial charge in [0.25, 0.3) is 0 Å². The summed E-state index contributed by atoms with van der Waals surface area (Å²) in [5.41, 5.74) is -0.658. The maximum absolute atomic E-state index is 10.1. The van der Waals surface area contributed by atoms with Crippen LogP contribution in [-0.4, -0.2) is 36.3 Å². The molecule has 0 atom stereocenters. The molecule has 3 N–H and O–H groups in total. The van der Waals surface area contributed by atoms with Crippen molar-refractivity contribution in [1.82, 2.24) is 10.6 Å². The molecule has 4 heteroatoms. The number of nitrogens with one attached hydrogen (secondary N) is 2. The third-order valence-corrected chi connectivity index (χ3v) is 2.73. The SMILES string of the molecule is CCCNC(=NCC(O)(CC)CC)NCC. The summed E-state index contributed by atoms with van der Waals surface area (Å²) in [6, 6.07) is 0. The molecule has 0 aliphatic carbocycles. The van der Waals surface area contributed by atoms with Crippen molar-refractivity contribution in [2.75, 3.05) is 19.6 Å². The second-order valence-electron chi connectivity index (χ2n) is 4.05. The second kappa shape index (κ2) is 8.39. The summed E-state index contributed by atoms with van der Waals surface area (Å²) in [5, 5.41) is 16.5. The molecule has 0 bridgehead atoms. The van der Waals surface area contributed by atoms with Crippen molar-refractivity contribution in [2.24, 2.45) is 4.99 Å². The van der Waals surface area contributed by atoms with Crippen molar-refractivity contribution in [3.8, 4) is 0 Å². The molecule has 0 unspecified atom stereocenters. The minimum atomic E-state index is -0.658. The molecule has 0 fully saturated rings. The van der Waals surface area contributed by atoms with E-state index < -0.39 is 5.60 Å². The van der Waals surface area contributed by atoms with Crippen molar-refractivity contribution in [3.63, 3.8) is 0 Å². The molecule has 0 aliphatic rings. The van der Waals surface area contributed by atoms with E-state index in [9.17, 15) is 5.11 Å². The van der Waals surface area contributed by atoms with Crippen LogP contribution in [0.15, 0.2) is 4.99 Å². The third kappa shape index (κ3) is 5.95. The van der Waals surface area contributed by atoms with E-state index in [0.717, 1.165) is 38.3 Å². The third-order valence-electron chi connectivity index (χ3n) is 2.73. The Morgan fingerprint density at radius 2 is 1.75 bits per heavy atom. The summed E-state index contributed by atoms with van der Waals surface area (Å²) >= 11 is 0. The summed E-state index contributed by atoms with van der Waals surface area (Å²) in [4.78, 5) is 4.41. The lowest BCUT2D eigenvalue weighted by Gasteiger charge is -2.23. The number of aliphatic hydroxyl groups is 1. The van der Waals surface area contributed by atoms with Gasteiger partial charge in [-0.15, -0.1) is 0 Å². The van der Waals surface area contributed by atoms with E-state index in [-0.39, 0.29) is 0 Å². The van der Waals surface area contributed by atoms with Gasteiger partial charge in [0, 0.05) is 13.1 Å². The fourth-order valence-electron chi connectivity index (χ4n) is 1.28. The predicted octanol–water partition coefficient (Wildman–Crippen LogP) is 1.50. The molecule has 0 saturated heterocycles. The molecule has 0 aromatic rings. The minimum absolute atomic E-state index is 0.457. The first kappa shape index (κ1) is 15.2. The topological polar surface area (TPSA) is 56.7 Å². The van der Waals surface area contributed by atoms with E-state index in [1.807, 2.05) is 20.8 Å². The quantitative estimate of drug-likeness (QED) is 0.458. The van der Waals surface area contributed by atoms with Crippen LogP contribution in [0.2, 0.25) is 0 Å². The van der Waals surface area contributed by atoms with Crippen LogP contribution in [0.25, 0.3) is 0 Å². The molecule has 0 aromatic carbocycles. The van der Waals surface area contributed by atoms with Crippen molar-refractivity contribution in [2.45, 2.75) is 52.6 Å². The van der Waals surface area contributed by atoms with Crippen molar-refractivity contribution in [3.05, 3.63) is 0 Å². The van der Waals surface area contributed by atoms with E-state index in [0.29, 0.717) is 6.54 Å². The normalized spacial score (nSPS) is 12.7. The zero-order chi connectivity index (χ0) is 12.4. The molecule has 0 heterocycles. The minimum Gasteiger partial charge on any atom is -0.388 e. The lowest BCUT2D eigenvalue weighted by atomic mass is 9.98. The number of nitrogens with zero attached hydrogens (tertiary/aromatic N) is 1. The lowest BCUT2D eigenvalue weighted by Crippen LogP contribution is -2.40. The fourth-order valence-corrected chi connectivity index (χ4v) is 1.28. The van der Waals surface area contributed by atoms with E-state index in [4.69, 9.17) is 0 Å². The summed E-state index contributed by atoms with van der Waals surface area (Å²) in [6.07, 6.45) is 2.54. The van der Waals surface area contributed by atoms with Crippen LogP contribution in [0, 0.1) is 0 Å². The maximum atomic E-state index is 10.1. The standard InChI is InChI=1S/C12H27N3O/c1-5-9-14-11(13-8-4)15-10-12(16,6-2)7-3/h16H,5-10H2,1-4H3,(H2,13,14,15). The first-order valence-electron chi connectivity index (χ1n) is 6.36. The van der Waals surface area contributed by atoms with E-state index in [1.54, 1.807) is 0 Å². The molecular weight excluding hydrogens is 202 g/mol. The Morgan fingerprint density at radius 1 is 1.12 bits per heavy atom. The van der Waals surface area contributed by atoms with Gasteiger partial charge in [0.2, 0.25) is 0 Å². The Balaban J connectivity index is 4.29. The highest BCUT2D eigenvalue weighted by Gasteiger charge is 2.21. The first-order valence-corrected chi connectivity index (χ1v) is 6.36. The molecule has 0 amide bonds. The van der Waals surface area contributed by atoms with Crippen LogP contribution in [0.4, 0.5) is 0 Å². The summed E-state index contributed by atoms with van der Waals surface area (Å²) in [5.74, 6) is 0.796. The average Bonchev–Trinajstić information content (AvgIpc) is 2.32. The number of hydrogen-bond donors (Lipinski definition) is 3. The molecule has 96 valence electrons. The largest absolute Gasteiger partial charge is 0.388 e. The molecule has 16 heavy (non-hydrogen) atoms. The van der Waals surface area contributed by atoms with Gasteiger partial charge < -0.3 is 15.7 Å². The van der Waals surface area contributed by atoms with Gasteiger partial charge in [-0.3, -0.25) is 4.99 Å². The highest BCUT2D eigenvalue weighted by atomic mass is 16.3. The molecule has 0 rings (SSSR count). The van der Waals surface area contributed by atoms with Crippen LogP contribution in [-0.2, 0) is 0 Å². The summed E-state index contributed by atoms with van der Waals surface area (Å²) in [6.45, 7) is 10.3. The lowest BCUT2D eigenvalue weighted by molar-refractivity contribution is 0.0418. The molecule has 0 spiro atoms. The van der Waals surface area contributed by atoms with Crippen LogP contribution in [0.1, 0.15) is 47.0 Å². The van der Waals surface area contributed by atoms with Crippen molar-refractivity contribution in [1.29, 1.82) is 0 Å². The Morgan fingerprint density at radius 3 is 2.19 bits per heavy atom. The monoisotopic (exact) mass is 229 g/mol. The fraction of sp³-hybridized carbons (Fsp3) is 0.917. The Labute approximate surface area is 99.5 Å². The molecular formula is C12H27N3O. The molecule has 0 saturated carbocycles. The zero-order valence-corrected chi connectivity index (χ0v) is 11.1. The smallest absolute Gasteiger partial charge is 0.191 e. The molecule has 0 aliphatic heterocycles. The predicted molar refractivity (Wildman–Crippen MR) is 69.8 cm³/mol. The van der Waals surface area contributed by atoms with Gasteiger partial charge in [-0.1, -0.05) is 20.8 Å². The van der Waals surface area contributed by atoms with Gasteiger partial charge >= 0.3 is 0 Å². The van der Waals surface area contributed by atoms with Gasteiger partial charge in [-0.05, 0) is 26.2 Å². The Bertz CT molecular complexity index is 200. The average molecular weight is 229 g/mol. The van der Waals surface area contributed by atoms with Crippen LogP contribution in [0.5, 0.6) is 0 Å². The molecule has 4 nitrogen and oxygen atoms in total.